The molecule has 0 spiro atoms. The van der Waals surface area contributed by atoms with Gasteiger partial charge >= 0.3 is 0 Å². The monoisotopic (exact) mass is 346 g/mol. The van der Waals surface area contributed by atoms with Crippen LogP contribution in [-0.2, 0) is 6.54 Å². The van der Waals surface area contributed by atoms with Gasteiger partial charge in [-0.15, -0.1) is 0 Å². The van der Waals surface area contributed by atoms with Gasteiger partial charge in [-0.1, -0.05) is 30.3 Å². The number of hydrogen-bond donors (Lipinski definition) is 1. The smallest absolute Gasteiger partial charge is 0.120 e. The van der Waals surface area contributed by atoms with Crippen molar-refractivity contribution in [2.24, 2.45) is 0 Å². The molecule has 3 aromatic carbocycles. The Bertz CT molecular complexity index is 1070. The fourth-order valence-corrected chi connectivity index (χ4v) is 3.19. The lowest BCUT2D eigenvalue weighted by Gasteiger charge is -2.14. The number of hydrogen-bond acceptors (Lipinski definition) is 3. The first kappa shape index (κ1) is 16.6. The second-order valence-electron chi connectivity index (χ2n) is 6.80. The number of fused-ring (bicyclic) bond motifs is 2. The highest BCUT2D eigenvalue weighted by atomic mass is 16.5. The molecule has 1 N–H and O–H groups in total. The van der Waals surface area contributed by atoms with Gasteiger partial charge in [0.15, 0.2) is 0 Å². The second-order valence-corrected chi connectivity index (χ2v) is 6.80. The minimum atomic E-state index is -0.611. The minimum Gasteiger partial charge on any atom is -0.491 e. The van der Waals surface area contributed by atoms with Gasteiger partial charge in [-0.05, 0) is 60.0 Å². The van der Waals surface area contributed by atoms with Gasteiger partial charge in [0, 0.05) is 0 Å². The Morgan fingerprint density at radius 3 is 2.62 bits per heavy atom. The Hall–Kier alpha value is -2.85. The van der Waals surface area contributed by atoms with E-state index >= 15 is 0 Å². The number of aliphatic hydroxyl groups is 1. The highest BCUT2D eigenvalue weighted by Crippen LogP contribution is 2.21. The summed E-state index contributed by atoms with van der Waals surface area (Å²) in [5.74, 6) is 0.768. The second kappa shape index (κ2) is 6.81. The third kappa shape index (κ3) is 3.28. The number of ether oxygens (including phenoxy) is 1. The summed E-state index contributed by atoms with van der Waals surface area (Å²) in [5.41, 5.74) is 4.44. The third-order valence-corrected chi connectivity index (χ3v) is 4.81. The van der Waals surface area contributed by atoms with Crippen LogP contribution in [0.2, 0.25) is 0 Å². The number of benzene rings is 3. The summed E-state index contributed by atoms with van der Waals surface area (Å²) in [6, 6.07) is 18.3. The van der Waals surface area contributed by atoms with Crippen LogP contribution in [0.5, 0.6) is 5.75 Å². The van der Waals surface area contributed by atoms with E-state index in [2.05, 4.69) is 43.1 Å². The van der Waals surface area contributed by atoms with E-state index in [-0.39, 0.29) is 6.61 Å². The van der Waals surface area contributed by atoms with Crippen molar-refractivity contribution >= 4 is 21.8 Å². The summed E-state index contributed by atoms with van der Waals surface area (Å²) in [7, 11) is 0. The van der Waals surface area contributed by atoms with Crippen molar-refractivity contribution in [2.75, 3.05) is 6.61 Å². The largest absolute Gasteiger partial charge is 0.491 e. The molecule has 0 bridgehead atoms. The van der Waals surface area contributed by atoms with Gasteiger partial charge in [0.25, 0.3) is 0 Å². The zero-order chi connectivity index (χ0) is 18.1. The van der Waals surface area contributed by atoms with Crippen LogP contribution in [0, 0.1) is 13.8 Å². The predicted octanol–water partition coefficient (Wildman–Crippen LogP) is 4.25. The van der Waals surface area contributed by atoms with E-state index in [1.54, 1.807) is 6.33 Å². The number of aryl methyl sites for hydroxylation is 2. The molecule has 0 saturated heterocycles. The number of imidazole rings is 1. The van der Waals surface area contributed by atoms with E-state index in [9.17, 15) is 5.11 Å². The van der Waals surface area contributed by atoms with E-state index in [0.29, 0.717) is 6.54 Å². The first-order valence-electron chi connectivity index (χ1n) is 8.82. The lowest BCUT2D eigenvalue weighted by atomic mass is 10.1. The van der Waals surface area contributed by atoms with E-state index in [0.717, 1.165) is 22.2 Å². The molecular weight excluding hydrogens is 324 g/mol. The molecule has 4 rings (SSSR count). The van der Waals surface area contributed by atoms with Gasteiger partial charge in [0.2, 0.25) is 0 Å². The number of aliphatic hydroxyl groups excluding tert-OH is 1. The van der Waals surface area contributed by atoms with Crippen LogP contribution in [0.4, 0.5) is 0 Å². The van der Waals surface area contributed by atoms with Crippen molar-refractivity contribution in [2.45, 2.75) is 26.5 Å². The maximum absolute atomic E-state index is 10.4. The van der Waals surface area contributed by atoms with Gasteiger partial charge in [-0.3, -0.25) is 0 Å². The Morgan fingerprint density at radius 1 is 1.00 bits per heavy atom. The van der Waals surface area contributed by atoms with E-state index in [1.807, 2.05) is 34.9 Å². The molecular formula is C22H22N2O2. The average Bonchev–Trinajstić information content (AvgIpc) is 3.02. The number of aromatic nitrogens is 2. The maximum atomic E-state index is 10.4. The van der Waals surface area contributed by atoms with Crippen molar-refractivity contribution in [3.05, 3.63) is 72.1 Å². The van der Waals surface area contributed by atoms with E-state index < -0.39 is 6.10 Å². The molecule has 1 unspecified atom stereocenters. The molecule has 1 heterocycles. The Morgan fingerprint density at radius 2 is 1.77 bits per heavy atom. The van der Waals surface area contributed by atoms with E-state index in [1.165, 1.54) is 16.5 Å². The molecule has 0 aliphatic rings. The quantitative estimate of drug-likeness (QED) is 0.588. The number of nitrogens with zero attached hydrogens (tertiary/aromatic N) is 2. The molecule has 1 atom stereocenters. The molecule has 0 aliphatic carbocycles. The van der Waals surface area contributed by atoms with Gasteiger partial charge in [0.1, 0.15) is 18.5 Å². The molecule has 0 radical (unpaired) electrons. The zero-order valence-electron chi connectivity index (χ0n) is 15.0. The zero-order valence-corrected chi connectivity index (χ0v) is 15.0. The predicted molar refractivity (Wildman–Crippen MR) is 105 cm³/mol. The molecule has 132 valence electrons. The third-order valence-electron chi connectivity index (χ3n) is 4.81. The minimum absolute atomic E-state index is 0.239. The fraction of sp³-hybridized carbons (Fsp3) is 0.227. The average molecular weight is 346 g/mol. The first-order chi connectivity index (χ1) is 12.6. The molecule has 0 saturated carbocycles. The van der Waals surface area contributed by atoms with Crippen LogP contribution in [-0.4, -0.2) is 27.4 Å². The van der Waals surface area contributed by atoms with Crippen LogP contribution in [0.15, 0.2) is 60.9 Å². The fourth-order valence-electron chi connectivity index (χ4n) is 3.19. The Labute approximate surface area is 152 Å². The van der Waals surface area contributed by atoms with Crippen molar-refractivity contribution in [3.63, 3.8) is 0 Å². The standard InChI is InChI=1S/C22H22N2O2/c1-15-9-21-22(10-16(15)2)24(14-23-21)12-19(25)13-26-20-8-7-17-5-3-4-6-18(17)11-20/h3-11,14,19,25H,12-13H2,1-2H3. The molecule has 0 amide bonds. The lowest BCUT2D eigenvalue weighted by Crippen LogP contribution is -2.23. The van der Waals surface area contributed by atoms with Gasteiger partial charge < -0.3 is 14.4 Å². The topological polar surface area (TPSA) is 47.3 Å². The van der Waals surface area contributed by atoms with Crippen molar-refractivity contribution in [1.82, 2.24) is 9.55 Å². The first-order valence-corrected chi connectivity index (χ1v) is 8.82. The highest BCUT2D eigenvalue weighted by molar-refractivity contribution is 5.83. The van der Waals surface area contributed by atoms with Gasteiger partial charge in [-0.25, -0.2) is 4.98 Å². The highest BCUT2D eigenvalue weighted by Gasteiger charge is 2.11. The number of rotatable bonds is 5. The summed E-state index contributed by atoms with van der Waals surface area (Å²) in [6.07, 6.45) is 1.17. The van der Waals surface area contributed by atoms with Crippen LogP contribution < -0.4 is 4.74 Å². The summed E-state index contributed by atoms with van der Waals surface area (Å²) in [6.45, 7) is 4.86. The molecule has 0 aliphatic heterocycles. The van der Waals surface area contributed by atoms with Crippen molar-refractivity contribution in [3.8, 4) is 5.75 Å². The summed E-state index contributed by atoms with van der Waals surface area (Å²) < 4.78 is 7.78. The SMILES string of the molecule is Cc1cc2ncn(CC(O)COc3ccc4ccccc4c3)c2cc1C. The summed E-state index contributed by atoms with van der Waals surface area (Å²) in [4.78, 5) is 4.44. The van der Waals surface area contributed by atoms with Crippen LogP contribution >= 0.6 is 0 Å². The van der Waals surface area contributed by atoms with Crippen molar-refractivity contribution in [1.29, 1.82) is 0 Å². The maximum Gasteiger partial charge on any atom is 0.120 e. The summed E-state index contributed by atoms with van der Waals surface area (Å²) in [5, 5.41) is 12.7. The summed E-state index contributed by atoms with van der Waals surface area (Å²) >= 11 is 0. The molecule has 26 heavy (non-hydrogen) atoms. The van der Waals surface area contributed by atoms with Gasteiger partial charge in [0.05, 0.1) is 23.9 Å². The lowest BCUT2D eigenvalue weighted by molar-refractivity contribution is 0.0935. The molecule has 1 aromatic heterocycles. The van der Waals surface area contributed by atoms with E-state index in [4.69, 9.17) is 4.74 Å². The van der Waals surface area contributed by atoms with Crippen LogP contribution in [0.1, 0.15) is 11.1 Å². The van der Waals surface area contributed by atoms with Gasteiger partial charge in [-0.2, -0.15) is 0 Å². The van der Waals surface area contributed by atoms with Crippen LogP contribution in [0.25, 0.3) is 21.8 Å². The normalized spacial score (nSPS) is 12.6. The van der Waals surface area contributed by atoms with Crippen molar-refractivity contribution < 1.29 is 9.84 Å². The Balaban J connectivity index is 1.45. The molecule has 4 heteroatoms. The molecule has 0 fully saturated rings. The van der Waals surface area contributed by atoms with Crippen LogP contribution in [0.3, 0.4) is 0 Å². The molecule has 4 aromatic rings. The Kier molecular flexibility index (Phi) is 4.35. The molecule has 4 nitrogen and oxygen atoms in total.